The fraction of sp³-hybridized carbons (Fsp3) is 0.643. The molecule has 0 amide bonds. The Morgan fingerprint density at radius 1 is 1.42 bits per heavy atom. The Kier molecular flexibility index (Phi) is 4.99. The number of pyridine rings is 1. The van der Waals surface area contributed by atoms with E-state index in [0.717, 1.165) is 45.1 Å². The molecule has 0 aromatic carbocycles. The Hall–Kier alpha value is -1.33. The van der Waals surface area contributed by atoms with Crippen LogP contribution in [0.5, 0.6) is 0 Å². The third kappa shape index (κ3) is 4.36. The number of hydrogen-bond donors (Lipinski definition) is 1. The van der Waals surface area contributed by atoms with Gasteiger partial charge in [-0.1, -0.05) is 0 Å². The first-order valence-corrected chi connectivity index (χ1v) is 6.87. The minimum Gasteiger partial charge on any atom is -0.398 e. The van der Waals surface area contributed by atoms with E-state index in [1.54, 1.807) is 16.8 Å². The molecule has 0 radical (unpaired) electrons. The Morgan fingerprint density at radius 3 is 2.89 bits per heavy atom. The fourth-order valence-corrected chi connectivity index (χ4v) is 2.46. The van der Waals surface area contributed by atoms with Crippen LogP contribution < -0.4 is 11.3 Å². The third-order valence-corrected chi connectivity index (χ3v) is 3.64. The summed E-state index contributed by atoms with van der Waals surface area (Å²) in [7, 11) is 2.10. The van der Waals surface area contributed by atoms with Gasteiger partial charge in [0.1, 0.15) is 0 Å². The van der Waals surface area contributed by atoms with Crippen LogP contribution >= 0.6 is 0 Å². The van der Waals surface area contributed by atoms with Gasteiger partial charge in [0.15, 0.2) is 0 Å². The normalized spacial score (nSPS) is 16.9. The zero-order valence-electron chi connectivity index (χ0n) is 11.5. The van der Waals surface area contributed by atoms with Crippen molar-refractivity contribution in [2.45, 2.75) is 19.4 Å². The maximum absolute atomic E-state index is 11.6. The molecule has 1 aromatic heterocycles. The van der Waals surface area contributed by atoms with Crippen LogP contribution in [0.4, 0.5) is 5.69 Å². The first-order chi connectivity index (χ1) is 9.15. The van der Waals surface area contributed by atoms with Gasteiger partial charge in [-0.3, -0.25) is 4.79 Å². The van der Waals surface area contributed by atoms with Crippen molar-refractivity contribution < 1.29 is 4.74 Å². The van der Waals surface area contributed by atoms with Crippen LogP contribution in [0.2, 0.25) is 0 Å². The molecule has 1 aliphatic heterocycles. The van der Waals surface area contributed by atoms with Crippen LogP contribution in [0.25, 0.3) is 0 Å². The molecule has 5 heteroatoms. The van der Waals surface area contributed by atoms with E-state index in [9.17, 15) is 4.79 Å². The summed E-state index contributed by atoms with van der Waals surface area (Å²) in [5.41, 5.74) is 6.34. The molecule has 1 aliphatic rings. The van der Waals surface area contributed by atoms with Crippen molar-refractivity contribution in [2.24, 2.45) is 5.92 Å². The van der Waals surface area contributed by atoms with Gasteiger partial charge in [0.25, 0.3) is 5.56 Å². The van der Waals surface area contributed by atoms with Gasteiger partial charge in [-0.05, 0) is 31.9 Å². The average molecular weight is 265 g/mol. The summed E-state index contributed by atoms with van der Waals surface area (Å²) in [6.45, 7) is 4.38. The molecule has 1 fully saturated rings. The molecular weight excluding hydrogens is 242 g/mol. The minimum atomic E-state index is 0.00802. The number of nitrogens with two attached hydrogens (primary N) is 1. The van der Waals surface area contributed by atoms with Gasteiger partial charge in [0.05, 0.1) is 0 Å². The summed E-state index contributed by atoms with van der Waals surface area (Å²) in [6, 6.07) is 3.17. The number of nitrogens with zero attached hydrogens (tertiary/aromatic N) is 2. The largest absolute Gasteiger partial charge is 0.398 e. The molecule has 0 bridgehead atoms. The molecule has 5 nitrogen and oxygen atoms in total. The Bertz CT molecular complexity index is 452. The molecule has 2 N–H and O–H groups in total. The van der Waals surface area contributed by atoms with Gasteiger partial charge in [0.2, 0.25) is 0 Å². The molecular formula is C14H23N3O2. The van der Waals surface area contributed by atoms with Crippen molar-refractivity contribution in [1.82, 2.24) is 9.47 Å². The van der Waals surface area contributed by atoms with Gasteiger partial charge in [0, 0.05) is 50.8 Å². The number of hydrogen-bond acceptors (Lipinski definition) is 4. The molecule has 1 saturated heterocycles. The topological polar surface area (TPSA) is 60.5 Å². The second-order valence-corrected chi connectivity index (χ2v) is 5.31. The number of aromatic nitrogens is 1. The van der Waals surface area contributed by atoms with E-state index in [1.165, 1.54) is 6.07 Å². The molecule has 0 atom stereocenters. The summed E-state index contributed by atoms with van der Waals surface area (Å²) >= 11 is 0. The average Bonchev–Trinajstić information content (AvgIpc) is 2.41. The lowest BCUT2D eigenvalue weighted by atomic mass is 10.00. The second kappa shape index (κ2) is 6.73. The zero-order chi connectivity index (χ0) is 13.7. The number of likely N-dealkylation sites (N-methyl/N-ethyl adjacent to an activating group) is 1. The summed E-state index contributed by atoms with van der Waals surface area (Å²) in [6.07, 6.45) is 4.00. The van der Waals surface area contributed by atoms with E-state index in [2.05, 4.69) is 11.9 Å². The van der Waals surface area contributed by atoms with E-state index in [4.69, 9.17) is 10.5 Å². The highest BCUT2D eigenvalue weighted by Gasteiger charge is 2.15. The van der Waals surface area contributed by atoms with Crippen molar-refractivity contribution in [3.8, 4) is 0 Å². The van der Waals surface area contributed by atoms with Crippen LogP contribution in [-0.4, -0.2) is 42.8 Å². The van der Waals surface area contributed by atoms with Gasteiger partial charge < -0.3 is 19.9 Å². The van der Waals surface area contributed by atoms with Gasteiger partial charge >= 0.3 is 0 Å². The molecule has 0 unspecified atom stereocenters. The smallest absolute Gasteiger partial charge is 0.250 e. The lowest BCUT2D eigenvalue weighted by Gasteiger charge is -2.27. The van der Waals surface area contributed by atoms with Gasteiger partial charge in [-0.2, -0.15) is 0 Å². The molecule has 2 heterocycles. The fourth-order valence-electron chi connectivity index (χ4n) is 2.46. The number of nitrogen functional groups attached to an aromatic ring is 1. The van der Waals surface area contributed by atoms with Crippen LogP contribution in [0.1, 0.15) is 12.8 Å². The number of rotatable bonds is 5. The van der Waals surface area contributed by atoms with Crippen LogP contribution in [0.3, 0.4) is 0 Å². The monoisotopic (exact) mass is 265 g/mol. The molecule has 0 spiro atoms. The van der Waals surface area contributed by atoms with Crippen molar-refractivity contribution in [2.75, 3.05) is 39.1 Å². The standard InChI is InChI=1S/C14H23N3O2/c1-16(10-12-4-8-19-9-5-12)6-7-17-11-13(15)2-3-14(17)18/h2-3,11-12H,4-10,15H2,1H3. The highest BCUT2D eigenvalue weighted by atomic mass is 16.5. The van der Waals surface area contributed by atoms with Crippen molar-refractivity contribution >= 4 is 5.69 Å². The predicted molar refractivity (Wildman–Crippen MR) is 76.2 cm³/mol. The lowest BCUT2D eigenvalue weighted by Crippen LogP contribution is -2.33. The molecule has 19 heavy (non-hydrogen) atoms. The first kappa shape index (κ1) is 14.1. The maximum atomic E-state index is 11.6. The summed E-state index contributed by atoms with van der Waals surface area (Å²) in [4.78, 5) is 13.9. The van der Waals surface area contributed by atoms with Crippen LogP contribution in [0.15, 0.2) is 23.1 Å². The van der Waals surface area contributed by atoms with E-state index >= 15 is 0 Å². The van der Waals surface area contributed by atoms with Gasteiger partial charge in [-0.15, -0.1) is 0 Å². The van der Waals surface area contributed by atoms with Crippen molar-refractivity contribution in [1.29, 1.82) is 0 Å². The SMILES string of the molecule is CN(CCn1cc(N)ccc1=O)CC1CCOCC1. The van der Waals surface area contributed by atoms with Crippen molar-refractivity contribution in [3.63, 3.8) is 0 Å². The van der Waals surface area contributed by atoms with E-state index in [0.29, 0.717) is 12.2 Å². The maximum Gasteiger partial charge on any atom is 0.250 e. The molecule has 106 valence electrons. The molecule has 1 aromatic rings. The predicted octanol–water partition coefficient (Wildman–Crippen LogP) is 0.789. The molecule has 0 aliphatic carbocycles. The Balaban J connectivity index is 1.80. The third-order valence-electron chi connectivity index (χ3n) is 3.64. The highest BCUT2D eigenvalue weighted by Crippen LogP contribution is 2.15. The van der Waals surface area contributed by atoms with Gasteiger partial charge in [-0.25, -0.2) is 0 Å². The van der Waals surface area contributed by atoms with Crippen molar-refractivity contribution in [3.05, 3.63) is 28.7 Å². The van der Waals surface area contributed by atoms with Crippen LogP contribution in [0, 0.1) is 5.92 Å². The quantitative estimate of drug-likeness (QED) is 0.855. The Labute approximate surface area is 114 Å². The lowest BCUT2D eigenvalue weighted by molar-refractivity contribution is 0.0554. The highest BCUT2D eigenvalue weighted by molar-refractivity contribution is 5.33. The minimum absolute atomic E-state index is 0.00802. The van der Waals surface area contributed by atoms with Crippen LogP contribution in [-0.2, 0) is 11.3 Å². The molecule has 2 rings (SSSR count). The van der Waals surface area contributed by atoms with E-state index in [-0.39, 0.29) is 5.56 Å². The van der Waals surface area contributed by atoms with E-state index in [1.807, 2.05) is 0 Å². The summed E-state index contributed by atoms with van der Waals surface area (Å²) in [5, 5.41) is 0. The second-order valence-electron chi connectivity index (χ2n) is 5.31. The Morgan fingerprint density at radius 2 is 2.16 bits per heavy atom. The number of ether oxygens (including phenoxy) is 1. The summed E-state index contributed by atoms with van der Waals surface area (Å²) in [5.74, 6) is 0.719. The summed E-state index contributed by atoms with van der Waals surface area (Å²) < 4.78 is 7.04. The zero-order valence-corrected chi connectivity index (χ0v) is 11.5. The molecule has 0 saturated carbocycles. The first-order valence-electron chi connectivity index (χ1n) is 6.87. The number of anilines is 1. The van der Waals surface area contributed by atoms with E-state index < -0.39 is 0 Å².